The van der Waals surface area contributed by atoms with Gasteiger partial charge in [0, 0.05) is 44.3 Å². The first kappa shape index (κ1) is 50.8. The van der Waals surface area contributed by atoms with Crippen molar-refractivity contribution in [1.29, 1.82) is 0 Å². The van der Waals surface area contributed by atoms with Crippen molar-refractivity contribution >= 4 is 127 Å². The molecule has 4 N–H and O–H groups in total. The summed E-state index contributed by atoms with van der Waals surface area (Å²) in [7, 11) is 0. The number of rotatable bonds is 19. The molecule has 5 aromatic rings. The van der Waals surface area contributed by atoms with Crippen LogP contribution >= 0.6 is 58.0 Å². The first-order valence-electron chi connectivity index (χ1n) is 19.9. The van der Waals surface area contributed by atoms with Crippen molar-refractivity contribution in [2.75, 3.05) is 33.8 Å². The number of azo groups is 2. The minimum Gasteiger partial charge on any atom is -0.490 e. The topological polar surface area (TPSA) is 209 Å². The van der Waals surface area contributed by atoms with Gasteiger partial charge >= 0.3 is 0 Å². The number of carbonyl (C=O) groups is 6. The van der Waals surface area contributed by atoms with Gasteiger partial charge in [-0.25, -0.2) is 0 Å². The SMILES string of the molecule is CC(=O)C(N=Nc1cc(Cl)cc(C(=O)Nc2cccc(C(C)Cl)c2)c1)C(=O)Nc1ccc(NC(=O)C(N=Nc2cc(Cl)cc(C(=O)Nc3cccc(C(C)Cl)c3)c2)C(C)=O)c(OCCCl)c1. The number of hydrogen-bond donors (Lipinski definition) is 4. The summed E-state index contributed by atoms with van der Waals surface area (Å²) in [5.41, 5.74) is 3.27. The molecule has 5 aromatic carbocycles. The van der Waals surface area contributed by atoms with E-state index < -0.39 is 47.3 Å². The van der Waals surface area contributed by atoms with Gasteiger partial charge in [-0.05, 0) is 112 Å². The van der Waals surface area contributed by atoms with Crippen LogP contribution in [0.5, 0.6) is 5.75 Å². The first-order chi connectivity index (χ1) is 31.4. The van der Waals surface area contributed by atoms with Crippen molar-refractivity contribution in [3.05, 3.63) is 135 Å². The minimum atomic E-state index is -1.65. The summed E-state index contributed by atoms with van der Waals surface area (Å²) in [6, 6.07) is 23.3. The number of alkyl halides is 3. The zero-order valence-electron chi connectivity index (χ0n) is 35.6. The molecule has 342 valence electrons. The lowest BCUT2D eigenvalue weighted by molar-refractivity contribution is -0.127. The Morgan fingerprint density at radius 2 is 1.03 bits per heavy atom. The predicted octanol–water partition coefficient (Wildman–Crippen LogP) is 12.1. The number of benzene rings is 5. The molecule has 0 heterocycles. The van der Waals surface area contributed by atoms with Crippen LogP contribution in [0.1, 0.15) is 70.3 Å². The second-order valence-electron chi connectivity index (χ2n) is 14.5. The van der Waals surface area contributed by atoms with Gasteiger partial charge in [-0.2, -0.15) is 20.5 Å². The van der Waals surface area contributed by atoms with Crippen molar-refractivity contribution in [2.45, 2.75) is 50.5 Å². The third kappa shape index (κ3) is 14.6. The van der Waals surface area contributed by atoms with Crippen molar-refractivity contribution in [3.8, 4) is 5.75 Å². The van der Waals surface area contributed by atoms with Crippen LogP contribution in [0.4, 0.5) is 34.1 Å². The van der Waals surface area contributed by atoms with Gasteiger partial charge in [0.1, 0.15) is 12.4 Å². The highest BCUT2D eigenvalue weighted by Gasteiger charge is 2.26. The van der Waals surface area contributed by atoms with Gasteiger partial charge in [0.05, 0.1) is 33.7 Å². The molecule has 0 aliphatic carbocycles. The molecule has 5 rings (SSSR count). The number of amides is 4. The van der Waals surface area contributed by atoms with Gasteiger partial charge < -0.3 is 26.0 Å². The summed E-state index contributed by atoms with van der Waals surface area (Å²) in [6.07, 6.45) is 0. The smallest absolute Gasteiger partial charge is 0.258 e. The Labute approximate surface area is 404 Å². The maximum absolute atomic E-state index is 13.5. The van der Waals surface area contributed by atoms with Crippen molar-refractivity contribution < 1.29 is 33.5 Å². The Bertz CT molecular complexity index is 2710. The highest BCUT2D eigenvalue weighted by molar-refractivity contribution is 6.32. The molecule has 20 heteroatoms. The number of nitrogens with zero attached hydrogens (tertiary/aromatic N) is 4. The Kier molecular flexibility index (Phi) is 18.3. The molecule has 0 radical (unpaired) electrons. The number of hydrogen-bond acceptors (Lipinski definition) is 11. The Morgan fingerprint density at radius 1 is 0.576 bits per heavy atom. The number of carbonyl (C=O) groups excluding carboxylic acids is 6. The summed E-state index contributed by atoms with van der Waals surface area (Å²) in [6.45, 7) is 5.88. The van der Waals surface area contributed by atoms with Crippen molar-refractivity contribution in [2.24, 2.45) is 20.5 Å². The van der Waals surface area contributed by atoms with Gasteiger partial charge in [0.15, 0.2) is 11.6 Å². The lowest BCUT2D eigenvalue weighted by Crippen LogP contribution is -2.32. The lowest BCUT2D eigenvalue weighted by atomic mass is 10.1. The molecular weight excluding hydrogens is 954 g/mol. The number of ether oxygens (including phenoxy) is 1. The second-order valence-corrected chi connectivity index (χ2v) is 17.0. The van der Waals surface area contributed by atoms with E-state index in [0.717, 1.165) is 25.0 Å². The normalized spacial score (nSPS) is 13.0. The maximum Gasteiger partial charge on any atom is 0.258 e. The third-order valence-electron chi connectivity index (χ3n) is 9.18. The van der Waals surface area contributed by atoms with Crippen LogP contribution in [0.15, 0.2) is 124 Å². The fourth-order valence-electron chi connectivity index (χ4n) is 5.93. The highest BCUT2D eigenvalue weighted by atomic mass is 35.5. The van der Waals surface area contributed by atoms with Crippen LogP contribution in [0.2, 0.25) is 10.0 Å². The Morgan fingerprint density at radius 3 is 1.47 bits per heavy atom. The summed E-state index contributed by atoms with van der Waals surface area (Å²) in [5.74, 6) is -4.00. The molecule has 0 spiro atoms. The average Bonchev–Trinajstić information content (AvgIpc) is 3.26. The van der Waals surface area contributed by atoms with Gasteiger partial charge in [-0.3, -0.25) is 28.8 Å². The lowest BCUT2D eigenvalue weighted by Gasteiger charge is -2.16. The van der Waals surface area contributed by atoms with Crippen molar-refractivity contribution in [1.82, 2.24) is 0 Å². The molecule has 66 heavy (non-hydrogen) atoms. The first-order valence-corrected chi connectivity index (χ1v) is 22.1. The molecule has 0 aliphatic rings. The molecule has 0 saturated carbocycles. The molecule has 15 nitrogen and oxygen atoms in total. The van der Waals surface area contributed by atoms with E-state index >= 15 is 0 Å². The average molecular weight is 995 g/mol. The van der Waals surface area contributed by atoms with E-state index in [2.05, 4.69) is 41.7 Å². The molecule has 0 aliphatic heterocycles. The Hall–Kier alpha value is -6.23. The summed E-state index contributed by atoms with van der Waals surface area (Å²) in [5, 5.41) is 26.5. The predicted molar refractivity (Wildman–Crippen MR) is 258 cm³/mol. The molecule has 4 unspecified atom stereocenters. The van der Waals surface area contributed by atoms with E-state index in [-0.39, 0.29) is 72.9 Å². The van der Waals surface area contributed by atoms with Crippen LogP contribution in [-0.4, -0.2) is 59.8 Å². The van der Waals surface area contributed by atoms with E-state index in [1.165, 1.54) is 54.6 Å². The van der Waals surface area contributed by atoms with Crippen LogP contribution in [-0.2, 0) is 19.2 Å². The van der Waals surface area contributed by atoms with Gasteiger partial charge in [-0.15, -0.1) is 34.8 Å². The van der Waals surface area contributed by atoms with Gasteiger partial charge in [0.25, 0.3) is 23.6 Å². The number of anilines is 4. The van der Waals surface area contributed by atoms with Crippen LogP contribution in [0, 0.1) is 0 Å². The second kappa shape index (κ2) is 23.8. The largest absolute Gasteiger partial charge is 0.490 e. The monoisotopic (exact) mass is 992 g/mol. The summed E-state index contributed by atoms with van der Waals surface area (Å²) < 4.78 is 5.74. The standard InChI is InChI=1S/C46H41Cl5N8O7/c1-24(48)28-7-5-9-34(17-28)52-43(62)30-15-32(50)21-37(19-30)56-58-41(26(3)60)45(64)54-36-11-12-39(40(23-36)66-14-13-47)55-46(65)42(27(4)61)59-57-38-20-31(16-33(51)22-38)44(63)53-35-10-6-8-29(18-35)25(2)49/h5-12,15-25,41-42H,13-14H2,1-4H3,(H,52,62)(H,53,63)(H,54,64)(H,55,65). The maximum atomic E-state index is 13.5. The summed E-state index contributed by atoms with van der Waals surface area (Å²) in [4.78, 5) is 78.5. The molecule has 4 amide bonds. The molecule has 0 bridgehead atoms. The number of Topliss-reactive ketones (excluding diaryl/α,β-unsaturated/α-hetero) is 2. The fourth-order valence-corrected chi connectivity index (χ4v) is 6.74. The quantitative estimate of drug-likeness (QED) is 0.0357. The number of nitrogens with one attached hydrogen (secondary N) is 4. The van der Waals surface area contributed by atoms with Gasteiger partial charge in [-0.1, -0.05) is 47.5 Å². The van der Waals surface area contributed by atoms with E-state index in [9.17, 15) is 28.8 Å². The minimum absolute atomic E-state index is 0.0252. The van der Waals surface area contributed by atoms with Crippen LogP contribution in [0.3, 0.4) is 0 Å². The van der Waals surface area contributed by atoms with Crippen molar-refractivity contribution in [3.63, 3.8) is 0 Å². The summed E-state index contributed by atoms with van der Waals surface area (Å²) >= 11 is 30.9. The van der Waals surface area contributed by atoms with Crippen LogP contribution in [0.25, 0.3) is 0 Å². The van der Waals surface area contributed by atoms with E-state index in [1.807, 2.05) is 12.1 Å². The van der Waals surface area contributed by atoms with Gasteiger partial charge in [0.2, 0.25) is 12.1 Å². The molecule has 0 saturated heterocycles. The molecule has 0 aromatic heterocycles. The molecule has 0 fully saturated rings. The zero-order chi connectivity index (χ0) is 48.1. The molecule has 4 atom stereocenters. The number of halogens is 5. The van der Waals surface area contributed by atoms with E-state index in [1.54, 1.807) is 50.2 Å². The zero-order valence-corrected chi connectivity index (χ0v) is 39.4. The third-order valence-corrected chi connectivity index (χ3v) is 10.3. The highest BCUT2D eigenvalue weighted by Crippen LogP contribution is 2.31. The number of ketones is 2. The van der Waals surface area contributed by atoms with E-state index in [0.29, 0.717) is 11.4 Å². The van der Waals surface area contributed by atoms with Crippen LogP contribution < -0.4 is 26.0 Å². The molecular formula is C46H41Cl5N8O7. The van der Waals surface area contributed by atoms with E-state index in [4.69, 9.17) is 62.7 Å². The fraction of sp³-hybridized carbons (Fsp3) is 0.217. The Balaban J connectivity index is 1.28.